The molecule has 4 fully saturated rings. The number of H-pyrrole nitrogens is 1. The molecular weight excluding hydrogens is 700 g/mol. The Hall–Kier alpha value is -2.42. The smallest absolute Gasteiger partial charge is 0.396 e. The Labute approximate surface area is 273 Å². The van der Waals surface area contributed by atoms with Gasteiger partial charge in [-0.3, -0.25) is 27.5 Å². The number of aromatic nitrogens is 8. The molecule has 252 valence electrons. The topological polar surface area (TPSA) is 265 Å². The lowest BCUT2D eigenvalue weighted by Gasteiger charge is -2.30. The normalized spacial score (nSPS) is 40.4. The summed E-state index contributed by atoms with van der Waals surface area (Å²) in [4.78, 5) is 47.3. The number of nitrogens with one attached hydrogen (secondary N) is 1. The maximum absolute atomic E-state index is 13.8. The van der Waals surface area contributed by atoms with E-state index in [1.807, 2.05) is 0 Å². The predicted molar refractivity (Wildman–Crippen MR) is 167 cm³/mol. The van der Waals surface area contributed by atoms with Crippen molar-refractivity contribution in [1.29, 1.82) is 0 Å². The highest BCUT2D eigenvalue weighted by atomic mass is 32.7. The minimum Gasteiger partial charge on any atom is -0.396 e. The van der Waals surface area contributed by atoms with Crippen LogP contribution < -0.4 is 11.3 Å². The number of thioether (sulfide) groups is 1. The summed E-state index contributed by atoms with van der Waals surface area (Å²) in [6.45, 7) is -3.83. The summed E-state index contributed by atoms with van der Waals surface area (Å²) >= 11 is 5.41. The molecule has 2 saturated heterocycles. The Balaban J connectivity index is 1.15. The van der Waals surface area contributed by atoms with Gasteiger partial charge in [0.15, 0.2) is 22.6 Å². The van der Waals surface area contributed by atoms with Crippen LogP contribution in [-0.2, 0) is 27.2 Å². The van der Waals surface area contributed by atoms with E-state index in [0.717, 1.165) is 0 Å². The number of hydrogen-bond donors (Lipinski definition) is 6. The number of nitrogens with zero attached hydrogens (tertiary/aromatic N) is 7. The van der Waals surface area contributed by atoms with E-state index >= 15 is 0 Å². The van der Waals surface area contributed by atoms with Gasteiger partial charge in [0, 0.05) is 23.2 Å². The van der Waals surface area contributed by atoms with Crippen LogP contribution in [0.1, 0.15) is 23.7 Å². The average molecular weight is 730 g/mol. The van der Waals surface area contributed by atoms with Gasteiger partial charge in [0.05, 0.1) is 31.9 Å². The van der Waals surface area contributed by atoms with Crippen molar-refractivity contribution in [2.45, 2.75) is 48.3 Å². The van der Waals surface area contributed by atoms with Gasteiger partial charge in [-0.05, 0) is 19.3 Å². The van der Waals surface area contributed by atoms with Crippen molar-refractivity contribution in [1.82, 2.24) is 39.0 Å². The molecule has 4 aromatic heterocycles. The molecule has 0 radical (unpaired) electrons. The van der Waals surface area contributed by atoms with Crippen molar-refractivity contribution in [3.05, 3.63) is 35.2 Å². The Bertz CT molecular complexity index is 2060. The van der Waals surface area contributed by atoms with Crippen LogP contribution in [0.25, 0.3) is 22.3 Å². The van der Waals surface area contributed by atoms with Crippen molar-refractivity contribution in [3.8, 4) is 0 Å². The number of nitrogen functional groups attached to an aromatic ring is 1. The summed E-state index contributed by atoms with van der Waals surface area (Å²) in [6, 6.07) is -0.716. The van der Waals surface area contributed by atoms with Gasteiger partial charge in [-0.15, -0.1) is 11.8 Å². The number of imidazole rings is 2. The van der Waals surface area contributed by atoms with Crippen LogP contribution in [-0.4, -0.2) is 97.5 Å². The number of aliphatic hydroxyl groups is 2. The molecule has 6 N–H and O–H groups in total. The quantitative estimate of drug-likeness (QED) is 0.127. The summed E-state index contributed by atoms with van der Waals surface area (Å²) in [6.07, 6.45) is 0.734. The fourth-order valence-electron chi connectivity index (χ4n) is 7.23. The number of aliphatic hydroxyl groups excluding tert-OH is 2. The van der Waals surface area contributed by atoms with Gasteiger partial charge in [-0.25, -0.2) is 34.0 Å². The molecule has 4 aliphatic rings. The number of rotatable bonds is 3. The van der Waals surface area contributed by atoms with E-state index in [1.54, 1.807) is 11.5 Å². The van der Waals surface area contributed by atoms with Crippen molar-refractivity contribution in [2.24, 2.45) is 17.3 Å². The second-order valence-corrected chi connectivity index (χ2v) is 17.7. The molecule has 2 saturated carbocycles. The maximum Gasteiger partial charge on any atom is 0.472 e. The highest BCUT2D eigenvalue weighted by Gasteiger charge is 2.74. The van der Waals surface area contributed by atoms with Crippen molar-refractivity contribution < 1.29 is 42.3 Å². The second kappa shape index (κ2) is 11.0. The minimum atomic E-state index is -4.88. The molecule has 1 spiro atoms. The molecule has 11 atom stereocenters. The molecular formula is C24H29N9O10P2S2. The maximum atomic E-state index is 13.8. The lowest BCUT2D eigenvalue weighted by atomic mass is 10.00. The Morgan fingerprint density at radius 3 is 2.70 bits per heavy atom. The van der Waals surface area contributed by atoms with Crippen LogP contribution in [0, 0.1) is 24.2 Å². The minimum absolute atomic E-state index is 0.0420. The zero-order chi connectivity index (χ0) is 33.0. The van der Waals surface area contributed by atoms with E-state index in [4.69, 9.17) is 23.8 Å². The molecule has 1 unspecified atom stereocenters. The van der Waals surface area contributed by atoms with E-state index in [2.05, 4.69) is 42.2 Å². The summed E-state index contributed by atoms with van der Waals surface area (Å²) in [5, 5.41) is 20.5. The first-order chi connectivity index (χ1) is 22.3. The van der Waals surface area contributed by atoms with Crippen LogP contribution in [0.2, 0.25) is 0 Å². The van der Waals surface area contributed by atoms with Gasteiger partial charge in [0.25, 0.3) is 5.56 Å². The van der Waals surface area contributed by atoms with Gasteiger partial charge in [0.2, 0.25) is 0 Å². The first-order valence-corrected chi connectivity index (χ1v) is 19.6. The molecule has 6 heterocycles. The number of aromatic amines is 1. The van der Waals surface area contributed by atoms with Crippen LogP contribution in [0.4, 0.5) is 5.82 Å². The SMILES string of the molecule is Cc1nc2c(ncn2[C@@H]2S[C@@H]3CO[P@](=O)(S)O[C@H]4[C@@H](O)[C@H](n5cnc6c(N)ncnc65)[C@H]5C[C@]54COP(=O)(O)O[C@@H]2[C@@H]3CO)c(=O)[nH]1. The summed E-state index contributed by atoms with van der Waals surface area (Å²) in [5.41, 5.74) is 5.32. The third-order valence-corrected chi connectivity index (χ3v) is 13.6. The number of thiol groups is 1. The Morgan fingerprint density at radius 1 is 1.15 bits per heavy atom. The lowest BCUT2D eigenvalue weighted by Crippen LogP contribution is -2.37. The van der Waals surface area contributed by atoms with Gasteiger partial charge >= 0.3 is 14.6 Å². The molecule has 4 aromatic rings. The lowest BCUT2D eigenvalue weighted by molar-refractivity contribution is -0.0211. The largest absolute Gasteiger partial charge is 0.472 e. The fourth-order valence-corrected chi connectivity index (χ4v) is 11.6. The fraction of sp³-hybridized carbons (Fsp3) is 0.583. The third kappa shape index (κ3) is 5.10. The van der Waals surface area contributed by atoms with E-state index in [-0.39, 0.29) is 23.6 Å². The van der Waals surface area contributed by atoms with Crippen LogP contribution in [0.5, 0.6) is 0 Å². The van der Waals surface area contributed by atoms with Crippen molar-refractivity contribution in [2.75, 3.05) is 25.6 Å². The molecule has 2 bridgehead atoms. The standard InChI is InChI=1S/C24H29N9O10P2S2/c1-9-30-21-14(22(36)31-9)29-8-33(21)23-17-10(3-34)12(47-23)4-40-45(39,46)43-18-16(35)15(11-2-24(11,18)5-41-44(37,38)42-17)32-7-28-13-19(25)26-6-27-20(13)32/h6-8,10-12,15-18,23,34-35H,2-5H2,1H3,(H,37,38)(H,39,46)(H2,25,26,27)(H,30,31,36)/t10-,11-,12-,15-,16+,17-,18+,23-,24+,45+/m1/s1. The number of nitrogens with two attached hydrogens (primary N) is 1. The molecule has 2 aliphatic carbocycles. The van der Waals surface area contributed by atoms with E-state index in [0.29, 0.717) is 23.4 Å². The molecule has 47 heavy (non-hydrogen) atoms. The number of fused-ring (bicyclic) bond motifs is 4. The van der Waals surface area contributed by atoms with E-state index in [1.165, 1.54) is 35.3 Å². The van der Waals surface area contributed by atoms with Gasteiger partial charge in [0.1, 0.15) is 41.4 Å². The van der Waals surface area contributed by atoms with E-state index in [9.17, 15) is 29.0 Å². The Morgan fingerprint density at radius 2 is 1.91 bits per heavy atom. The average Bonchev–Trinajstić information content (AvgIpc) is 3.30. The monoisotopic (exact) mass is 729 g/mol. The van der Waals surface area contributed by atoms with Crippen LogP contribution in [0.15, 0.2) is 23.8 Å². The van der Waals surface area contributed by atoms with Crippen LogP contribution >= 0.6 is 38.6 Å². The highest BCUT2D eigenvalue weighted by Crippen LogP contribution is 2.73. The number of anilines is 1. The van der Waals surface area contributed by atoms with Gasteiger partial charge < -0.3 is 30.4 Å². The summed E-state index contributed by atoms with van der Waals surface area (Å²) < 4.78 is 53.7. The molecule has 19 nitrogen and oxygen atoms in total. The van der Waals surface area contributed by atoms with E-state index < -0.39 is 85.6 Å². The number of phosphoric acid groups is 1. The molecule has 8 rings (SSSR count). The molecule has 23 heteroatoms. The molecule has 0 aromatic carbocycles. The molecule has 2 aliphatic heterocycles. The zero-order valence-electron chi connectivity index (χ0n) is 24.3. The highest BCUT2D eigenvalue weighted by molar-refractivity contribution is 8.44. The van der Waals surface area contributed by atoms with Crippen LogP contribution in [0.3, 0.4) is 0 Å². The third-order valence-electron chi connectivity index (χ3n) is 9.46. The number of hydrogen-bond acceptors (Lipinski definition) is 16. The molecule has 0 amide bonds. The van der Waals surface area contributed by atoms with Crippen molar-refractivity contribution in [3.63, 3.8) is 0 Å². The zero-order valence-corrected chi connectivity index (χ0v) is 27.8. The summed E-state index contributed by atoms with van der Waals surface area (Å²) in [5.74, 6) is -0.772. The first-order valence-electron chi connectivity index (χ1n) is 14.4. The predicted octanol–water partition coefficient (Wildman–Crippen LogP) is 0.950. The van der Waals surface area contributed by atoms with Gasteiger partial charge in [-0.2, -0.15) is 0 Å². The number of phosphoric ester groups is 1. The summed E-state index contributed by atoms with van der Waals surface area (Å²) in [7, 11) is -4.88. The number of aryl methyl sites for hydroxylation is 1. The first kappa shape index (κ1) is 31.8. The van der Waals surface area contributed by atoms with Crippen molar-refractivity contribution >= 4 is 66.8 Å². The van der Waals surface area contributed by atoms with Gasteiger partial charge in [-0.1, -0.05) is 12.2 Å². The second-order valence-electron chi connectivity index (χ2n) is 12.1. The Kier molecular flexibility index (Phi) is 7.48.